The van der Waals surface area contributed by atoms with Crippen molar-refractivity contribution in [2.24, 2.45) is 5.73 Å². The molecule has 3 heteroatoms. The van der Waals surface area contributed by atoms with Crippen LogP contribution < -0.4 is 5.73 Å². The summed E-state index contributed by atoms with van der Waals surface area (Å²) in [7, 11) is 0. The first kappa shape index (κ1) is 14.5. The minimum absolute atomic E-state index is 0.602. The summed E-state index contributed by atoms with van der Waals surface area (Å²) in [5, 5.41) is 9.03. The van der Waals surface area contributed by atoms with Crippen molar-refractivity contribution in [1.82, 2.24) is 4.90 Å². The normalized spacial score (nSPS) is 20.4. The Labute approximate surface area is 106 Å². The SMILES string of the molecule is CCN(CCCC(N)(C#N)CC)C1CCCC1. The smallest absolute Gasteiger partial charge is 0.104 e. The number of nitrogens with two attached hydrogens (primary N) is 1. The lowest BCUT2D eigenvalue weighted by Crippen LogP contribution is -2.39. The number of hydrogen-bond donors (Lipinski definition) is 1. The Morgan fingerprint density at radius 1 is 1.35 bits per heavy atom. The molecule has 0 aliphatic heterocycles. The van der Waals surface area contributed by atoms with E-state index in [1.54, 1.807) is 0 Å². The van der Waals surface area contributed by atoms with Gasteiger partial charge in [0.15, 0.2) is 0 Å². The van der Waals surface area contributed by atoms with Crippen LogP contribution in [0.1, 0.15) is 58.8 Å². The van der Waals surface area contributed by atoms with E-state index in [1.165, 1.54) is 25.7 Å². The van der Waals surface area contributed by atoms with Crippen LogP contribution in [-0.4, -0.2) is 29.6 Å². The molecular formula is C14H27N3. The minimum atomic E-state index is -0.602. The van der Waals surface area contributed by atoms with E-state index in [0.717, 1.165) is 38.4 Å². The van der Waals surface area contributed by atoms with Gasteiger partial charge in [-0.3, -0.25) is 0 Å². The van der Waals surface area contributed by atoms with Crippen LogP contribution in [0.15, 0.2) is 0 Å². The van der Waals surface area contributed by atoms with Gasteiger partial charge in [-0.25, -0.2) is 0 Å². The topological polar surface area (TPSA) is 53.0 Å². The summed E-state index contributed by atoms with van der Waals surface area (Å²) in [6.07, 6.45) is 8.09. The van der Waals surface area contributed by atoms with Crippen LogP contribution in [0.2, 0.25) is 0 Å². The first-order valence-corrected chi connectivity index (χ1v) is 7.09. The highest BCUT2D eigenvalue weighted by Crippen LogP contribution is 2.24. The fraction of sp³-hybridized carbons (Fsp3) is 0.929. The van der Waals surface area contributed by atoms with E-state index in [-0.39, 0.29) is 0 Å². The summed E-state index contributed by atoms with van der Waals surface area (Å²) in [4.78, 5) is 2.57. The lowest BCUT2D eigenvalue weighted by molar-refractivity contribution is 0.200. The highest BCUT2D eigenvalue weighted by Gasteiger charge is 2.24. The zero-order valence-corrected chi connectivity index (χ0v) is 11.4. The molecule has 0 radical (unpaired) electrons. The molecule has 1 unspecified atom stereocenters. The molecule has 98 valence electrons. The second kappa shape index (κ2) is 6.98. The van der Waals surface area contributed by atoms with Crippen LogP contribution in [0.3, 0.4) is 0 Å². The van der Waals surface area contributed by atoms with Gasteiger partial charge in [0, 0.05) is 6.04 Å². The molecule has 0 aromatic carbocycles. The predicted molar refractivity (Wildman–Crippen MR) is 71.6 cm³/mol. The van der Waals surface area contributed by atoms with Crippen molar-refractivity contribution in [1.29, 1.82) is 5.26 Å². The van der Waals surface area contributed by atoms with Crippen molar-refractivity contribution >= 4 is 0 Å². The molecule has 1 rings (SSSR count). The number of nitrogens with zero attached hydrogens (tertiary/aromatic N) is 2. The molecule has 2 N–H and O–H groups in total. The van der Waals surface area contributed by atoms with Crippen molar-refractivity contribution in [3.8, 4) is 6.07 Å². The molecule has 0 aromatic heterocycles. The fourth-order valence-corrected chi connectivity index (χ4v) is 2.78. The van der Waals surface area contributed by atoms with Crippen molar-refractivity contribution < 1.29 is 0 Å². The summed E-state index contributed by atoms with van der Waals surface area (Å²) >= 11 is 0. The zero-order valence-electron chi connectivity index (χ0n) is 11.4. The van der Waals surface area contributed by atoms with E-state index >= 15 is 0 Å². The maximum atomic E-state index is 9.03. The molecule has 0 aromatic rings. The van der Waals surface area contributed by atoms with Gasteiger partial charge in [-0.1, -0.05) is 26.7 Å². The predicted octanol–water partition coefficient (Wildman–Crippen LogP) is 2.66. The average molecular weight is 237 g/mol. The van der Waals surface area contributed by atoms with Gasteiger partial charge < -0.3 is 10.6 Å². The van der Waals surface area contributed by atoms with Crippen molar-refractivity contribution in [2.75, 3.05) is 13.1 Å². The Bertz CT molecular complexity index is 253. The minimum Gasteiger partial charge on any atom is -0.313 e. The number of hydrogen-bond acceptors (Lipinski definition) is 3. The molecule has 1 atom stereocenters. The van der Waals surface area contributed by atoms with Gasteiger partial charge in [-0.15, -0.1) is 0 Å². The molecule has 0 spiro atoms. The summed E-state index contributed by atoms with van der Waals surface area (Å²) < 4.78 is 0. The Kier molecular flexibility index (Phi) is 5.94. The first-order valence-electron chi connectivity index (χ1n) is 7.09. The third-order valence-electron chi connectivity index (χ3n) is 4.17. The molecule has 3 nitrogen and oxygen atoms in total. The fourth-order valence-electron chi connectivity index (χ4n) is 2.78. The monoisotopic (exact) mass is 237 g/mol. The van der Waals surface area contributed by atoms with Crippen LogP contribution in [0.25, 0.3) is 0 Å². The summed E-state index contributed by atoms with van der Waals surface area (Å²) in [6.45, 7) is 6.46. The van der Waals surface area contributed by atoms with E-state index < -0.39 is 5.54 Å². The van der Waals surface area contributed by atoms with E-state index in [1.807, 2.05) is 6.92 Å². The lowest BCUT2D eigenvalue weighted by Gasteiger charge is -2.28. The zero-order chi connectivity index (χ0) is 12.7. The molecular weight excluding hydrogens is 210 g/mol. The first-order chi connectivity index (χ1) is 8.15. The van der Waals surface area contributed by atoms with E-state index in [0.29, 0.717) is 0 Å². The summed E-state index contributed by atoms with van der Waals surface area (Å²) in [5.74, 6) is 0. The third-order valence-corrected chi connectivity index (χ3v) is 4.17. The van der Waals surface area contributed by atoms with Crippen LogP contribution in [0.5, 0.6) is 0 Å². The molecule has 1 aliphatic rings. The van der Waals surface area contributed by atoms with Gasteiger partial charge in [0.05, 0.1) is 6.07 Å². The van der Waals surface area contributed by atoms with Gasteiger partial charge in [-0.05, 0) is 45.2 Å². The molecule has 1 fully saturated rings. The molecule has 0 heterocycles. The molecule has 17 heavy (non-hydrogen) atoms. The quantitative estimate of drug-likeness (QED) is 0.740. The maximum Gasteiger partial charge on any atom is 0.104 e. The molecule has 0 amide bonds. The summed E-state index contributed by atoms with van der Waals surface area (Å²) in [5.41, 5.74) is 5.40. The van der Waals surface area contributed by atoms with Gasteiger partial charge >= 0.3 is 0 Å². The van der Waals surface area contributed by atoms with Crippen LogP contribution in [-0.2, 0) is 0 Å². The Morgan fingerprint density at radius 2 is 2.00 bits per heavy atom. The average Bonchev–Trinajstić information content (AvgIpc) is 2.88. The van der Waals surface area contributed by atoms with Crippen LogP contribution in [0.4, 0.5) is 0 Å². The van der Waals surface area contributed by atoms with Gasteiger partial charge in [0.2, 0.25) is 0 Å². The van der Waals surface area contributed by atoms with Crippen molar-refractivity contribution in [3.05, 3.63) is 0 Å². The third kappa shape index (κ3) is 4.29. The Balaban J connectivity index is 2.30. The van der Waals surface area contributed by atoms with E-state index in [9.17, 15) is 0 Å². The Morgan fingerprint density at radius 3 is 2.47 bits per heavy atom. The summed E-state index contributed by atoms with van der Waals surface area (Å²) in [6, 6.07) is 3.04. The van der Waals surface area contributed by atoms with Crippen molar-refractivity contribution in [3.63, 3.8) is 0 Å². The highest BCUT2D eigenvalue weighted by atomic mass is 15.1. The second-order valence-electron chi connectivity index (χ2n) is 5.29. The molecule has 0 bridgehead atoms. The largest absolute Gasteiger partial charge is 0.313 e. The number of nitriles is 1. The van der Waals surface area contributed by atoms with E-state index in [2.05, 4.69) is 17.9 Å². The maximum absolute atomic E-state index is 9.03. The van der Waals surface area contributed by atoms with Crippen LogP contribution >= 0.6 is 0 Å². The van der Waals surface area contributed by atoms with Gasteiger partial charge in [0.25, 0.3) is 0 Å². The Hall–Kier alpha value is -0.590. The van der Waals surface area contributed by atoms with Crippen LogP contribution in [0, 0.1) is 11.3 Å². The van der Waals surface area contributed by atoms with Gasteiger partial charge in [-0.2, -0.15) is 5.26 Å². The lowest BCUT2D eigenvalue weighted by atomic mass is 9.93. The molecule has 1 aliphatic carbocycles. The number of rotatable bonds is 7. The standard InChI is InChI=1S/C14H27N3/c1-3-14(16,12-15)10-7-11-17(4-2)13-8-5-6-9-13/h13H,3-11,16H2,1-2H3. The van der Waals surface area contributed by atoms with E-state index in [4.69, 9.17) is 11.0 Å². The highest BCUT2D eigenvalue weighted by molar-refractivity contribution is 5.03. The molecule has 1 saturated carbocycles. The van der Waals surface area contributed by atoms with Gasteiger partial charge in [0.1, 0.15) is 5.54 Å². The second-order valence-corrected chi connectivity index (χ2v) is 5.29. The van der Waals surface area contributed by atoms with Crippen molar-refractivity contribution in [2.45, 2.75) is 70.4 Å². The molecule has 0 saturated heterocycles.